The first-order chi connectivity index (χ1) is 22.4. The number of carboxylic acid groups (broad SMARTS) is 1. The molecule has 47 heavy (non-hydrogen) atoms. The van der Waals surface area contributed by atoms with E-state index in [4.69, 9.17) is 5.73 Å². The number of amides is 3. The Morgan fingerprint density at radius 2 is 1.32 bits per heavy atom. The van der Waals surface area contributed by atoms with Crippen LogP contribution in [0.2, 0.25) is 0 Å². The van der Waals surface area contributed by atoms with Crippen LogP contribution in [0.3, 0.4) is 0 Å². The van der Waals surface area contributed by atoms with E-state index in [-0.39, 0.29) is 30.8 Å². The number of aromatic hydroxyl groups is 2. The van der Waals surface area contributed by atoms with Gasteiger partial charge >= 0.3 is 5.97 Å². The summed E-state index contributed by atoms with van der Waals surface area (Å²) in [6.07, 6.45) is 5.75. The second-order valence-electron chi connectivity index (χ2n) is 11.8. The molecule has 5 atom stereocenters. The number of phenolic OH excluding ortho intramolecular Hbond substituents is 2. The number of phenols is 2. The van der Waals surface area contributed by atoms with Gasteiger partial charge in [0.1, 0.15) is 35.7 Å². The van der Waals surface area contributed by atoms with Crippen LogP contribution in [-0.4, -0.2) is 98.3 Å². The number of nitrogens with zero attached hydrogens (tertiary/aromatic N) is 1. The van der Waals surface area contributed by atoms with Crippen LogP contribution in [0.5, 0.6) is 11.5 Å². The molecule has 0 aliphatic rings. The number of nitrogens with two attached hydrogens (primary N) is 1. The number of hydrogen-bond donors (Lipinski definition) is 7. The second-order valence-corrected chi connectivity index (χ2v) is 12.7. The van der Waals surface area contributed by atoms with Crippen molar-refractivity contribution in [1.29, 1.82) is 0 Å². The molecule has 0 aliphatic carbocycles. The quantitative estimate of drug-likeness (QED) is 0.0965. The van der Waals surface area contributed by atoms with E-state index < -0.39 is 54.0 Å². The smallest absolute Gasteiger partial charge is 0.326 e. The number of hydrogen-bond acceptors (Lipinski definition) is 9. The SMILES string of the molecule is CCCCCCC[C@H](N)[C@H](O)C(=O)N[C@@H](Cc1ccc(O)cc1)C(=O)N(C)[C@@H](CCSC)C(=O)N[C@@H](Cc1ccc(O)cc1)C(=O)O. The predicted molar refractivity (Wildman–Crippen MR) is 182 cm³/mol. The van der Waals surface area contributed by atoms with Crippen LogP contribution in [0.4, 0.5) is 0 Å². The Morgan fingerprint density at radius 1 is 0.809 bits per heavy atom. The Balaban J connectivity index is 2.26. The van der Waals surface area contributed by atoms with E-state index >= 15 is 0 Å². The van der Waals surface area contributed by atoms with Gasteiger partial charge in [-0.25, -0.2) is 4.79 Å². The number of aliphatic carboxylic acids is 1. The lowest BCUT2D eigenvalue weighted by Gasteiger charge is -2.32. The molecule has 2 rings (SSSR count). The Bertz CT molecular complexity index is 1280. The molecule has 3 amide bonds. The number of carboxylic acids is 1. The molecule has 0 heterocycles. The first-order valence-corrected chi connectivity index (χ1v) is 17.4. The van der Waals surface area contributed by atoms with E-state index in [0.29, 0.717) is 23.3 Å². The highest BCUT2D eigenvalue weighted by atomic mass is 32.2. The van der Waals surface area contributed by atoms with Crippen molar-refractivity contribution >= 4 is 35.5 Å². The Kier molecular flexibility index (Phi) is 17.1. The molecule has 8 N–H and O–H groups in total. The molecule has 260 valence electrons. The van der Waals surface area contributed by atoms with Gasteiger partial charge in [0.05, 0.1) is 0 Å². The molecule has 0 saturated heterocycles. The van der Waals surface area contributed by atoms with Gasteiger partial charge in [-0.2, -0.15) is 11.8 Å². The summed E-state index contributed by atoms with van der Waals surface area (Å²) in [4.78, 5) is 54.0. The topological polar surface area (TPSA) is 203 Å². The summed E-state index contributed by atoms with van der Waals surface area (Å²) >= 11 is 1.45. The number of carbonyl (C=O) groups excluding carboxylic acids is 3. The number of aliphatic hydroxyl groups excluding tert-OH is 1. The van der Waals surface area contributed by atoms with E-state index in [1.807, 2.05) is 6.26 Å². The fourth-order valence-electron chi connectivity index (χ4n) is 5.13. The molecule has 0 fully saturated rings. The summed E-state index contributed by atoms with van der Waals surface area (Å²) in [6.45, 7) is 2.11. The van der Waals surface area contributed by atoms with Crippen molar-refractivity contribution in [2.75, 3.05) is 19.1 Å². The molecule has 12 nitrogen and oxygen atoms in total. The highest BCUT2D eigenvalue weighted by Crippen LogP contribution is 2.17. The zero-order valence-corrected chi connectivity index (χ0v) is 28.2. The first-order valence-electron chi connectivity index (χ1n) is 16.0. The van der Waals surface area contributed by atoms with Gasteiger partial charge in [0.2, 0.25) is 11.8 Å². The van der Waals surface area contributed by atoms with Gasteiger partial charge in [-0.05, 0) is 60.2 Å². The van der Waals surface area contributed by atoms with Crippen LogP contribution in [0.1, 0.15) is 63.0 Å². The average molecular weight is 675 g/mol. The van der Waals surface area contributed by atoms with Crippen molar-refractivity contribution in [2.24, 2.45) is 5.73 Å². The standard InChI is InChI=1S/C34H50N4O8S/c1-4-5-6-7-8-9-26(35)30(41)32(43)36-27(20-22-10-14-24(39)15-11-22)33(44)38(2)29(18-19-47-3)31(42)37-28(34(45)46)21-23-12-16-25(40)17-13-23/h10-17,26-30,39-41H,4-9,18-21,35H2,1-3H3,(H,36,43)(H,37,42)(H,45,46)/t26-,27-,28-,29-,30-/m0/s1. The zero-order valence-electron chi connectivity index (χ0n) is 27.4. The van der Waals surface area contributed by atoms with E-state index in [1.165, 1.54) is 48.0 Å². The van der Waals surface area contributed by atoms with Gasteiger partial charge < -0.3 is 41.7 Å². The maximum absolute atomic E-state index is 14.0. The van der Waals surface area contributed by atoms with E-state index in [0.717, 1.165) is 32.1 Å². The van der Waals surface area contributed by atoms with E-state index in [9.17, 15) is 39.6 Å². The van der Waals surface area contributed by atoms with Crippen LogP contribution < -0.4 is 16.4 Å². The number of benzene rings is 2. The van der Waals surface area contributed by atoms with Crippen molar-refractivity contribution < 1.29 is 39.6 Å². The van der Waals surface area contributed by atoms with E-state index in [1.54, 1.807) is 24.3 Å². The summed E-state index contributed by atoms with van der Waals surface area (Å²) < 4.78 is 0. The van der Waals surface area contributed by atoms with Crippen molar-refractivity contribution in [3.05, 3.63) is 59.7 Å². The van der Waals surface area contributed by atoms with Crippen LogP contribution in [-0.2, 0) is 32.0 Å². The van der Waals surface area contributed by atoms with Crippen molar-refractivity contribution in [1.82, 2.24) is 15.5 Å². The van der Waals surface area contributed by atoms with Gasteiger partial charge in [0.15, 0.2) is 0 Å². The minimum absolute atomic E-state index is 0.0103. The van der Waals surface area contributed by atoms with Crippen LogP contribution >= 0.6 is 11.8 Å². The first kappa shape index (κ1) is 39.4. The molecule has 0 unspecified atom stereocenters. The lowest BCUT2D eigenvalue weighted by Crippen LogP contribution is -2.58. The number of likely N-dealkylation sites (N-methyl/N-ethyl adjacent to an activating group) is 1. The summed E-state index contributed by atoms with van der Waals surface area (Å²) in [5, 5.41) is 45.0. The van der Waals surface area contributed by atoms with E-state index in [2.05, 4.69) is 17.6 Å². The lowest BCUT2D eigenvalue weighted by molar-refractivity contribution is -0.145. The maximum Gasteiger partial charge on any atom is 0.326 e. The van der Waals surface area contributed by atoms with Gasteiger partial charge in [0, 0.05) is 25.9 Å². The minimum atomic E-state index is -1.56. The highest BCUT2D eigenvalue weighted by molar-refractivity contribution is 7.98. The third-order valence-electron chi connectivity index (χ3n) is 8.01. The molecule has 0 aromatic heterocycles. The van der Waals surface area contributed by atoms with Crippen LogP contribution in [0.15, 0.2) is 48.5 Å². The Labute approximate surface area is 281 Å². The lowest BCUT2D eigenvalue weighted by atomic mass is 10.00. The normalized spacial score (nSPS) is 14.3. The number of rotatable bonds is 21. The molecule has 0 bridgehead atoms. The second kappa shape index (κ2) is 20.4. The van der Waals surface area contributed by atoms with Crippen molar-refractivity contribution in [2.45, 2.75) is 95.0 Å². The van der Waals surface area contributed by atoms with Crippen molar-refractivity contribution in [3.8, 4) is 11.5 Å². The molecule has 2 aromatic carbocycles. The molecular formula is C34H50N4O8S. The van der Waals surface area contributed by atoms with Gasteiger partial charge in [-0.1, -0.05) is 63.3 Å². The molecule has 0 spiro atoms. The number of thioether (sulfide) groups is 1. The highest BCUT2D eigenvalue weighted by Gasteiger charge is 2.35. The number of nitrogens with one attached hydrogen (secondary N) is 2. The fraction of sp³-hybridized carbons (Fsp3) is 0.529. The summed E-state index contributed by atoms with van der Waals surface area (Å²) in [5.41, 5.74) is 7.33. The molecule has 0 aliphatic heterocycles. The third-order valence-corrected chi connectivity index (χ3v) is 8.65. The van der Waals surface area contributed by atoms with Gasteiger partial charge in [0.25, 0.3) is 5.91 Å². The number of unbranched alkanes of at least 4 members (excludes halogenated alkanes) is 4. The predicted octanol–water partition coefficient (Wildman–Crippen LogP) is 2.57. The molecule has 2 aromatic rings. The largest absolute Gasteiger partial charge is 0.508 e. The molecule has 0 radical (unpaired) electrons. The molecule has 0 saturated carbocycles. The summed E-state index contributed by atoms with van der Waals surface area (Å²) in [5.74, 6) is -2.87. The van der Waals surface area contributed by atoms with Crippen LogP contribution in [0, 0.1) is 0 Å². The number of carbonyl (C=O) groups is 4. The monoisotopic (exact) mass is 674 g/mol. The van der Waals surface area contributed by atoms with Crippen molar-refractivity contribution in [3.63, 3.8) is 0 Å². The van der Waals surface area contributed by atoms with Gasteiger partial charge in [-0.3, -0.25) is 14.4 Å². The Hall–Kier alpha value is -3.81. The zero-order chi connectivity index (χ0) is 34.9. The average Bonchev–Trinajstić information content (AvgIpc) is 3.05. The van der Waals surface area contributed by atoms with Crippen LogP contribution in [0.25, 0.3) is 0 Å². The molecular weight excluding hydrogens is 624 g/mol. The minimum Gasteiger partial charge on any atom is -0.508 e. The molecule has 13 heteroatoms. The third kappa shape index (κ3) is 13.4. The number of aliphatic hydroxyl groups is 1. The maximum atomic E-state index is 14.0. The fourth-order valence-corrected chi connectivity index (χ4v) is 5.59. The van der Waals surface area contributed by atoms with Gasteiger partial charge in [-0.15, -0.1) is 0 Å². The summed E-state index contributed by atoms with van der Waals surface area (Å²) in [7, 11) is 1.41. The summed E-state index contributed by atoms with van der Waals surface area (Å²) in [6, 6.07) is 7.61. The Morgan fingerprint density at radius 3 is 1.83 bits per heavy atom.